The van der Waals surface area contributed by atoms with E-state index in [1.165, 1.54) is 4.70 Å². The van der Waals surface area contributed by atoms with Gasteiger partial charge in [0.25, 0.3) is 5.91 Å². The zero-order chi connectivity index (χ0) is 19.6. The monoisotopic (exact) mass is 408 g/mol. The van der Waals surface area contributed by atoms with Gasteiger partial charge in [0.2, 0.25) is 5.76 Å². The normalized spacial score (nSPS) is 15.1. The third-order valence-corrected chi connectivity index (χ3v) is 6.32. The Morgan fingerprint density at radius 3 is 2.83 bits per heavy atom. The zero-order valence-electron chi connectivity index (χ0n) is 15.7. The average Bonchev–Trinajstić information content (AvgIpc) is 3.52. The summed E-state index contributed by atoms with van der Waals surface area (Å²) in [6, 6.07) is 13.4. The van der Waals surface area contributed by atoms with Gasteiger partial charge in [-0.05, 0) is 43.0 Å². The van der Waals surface area contributed by atoms with Crippen molar-refractivity contribution < 1.29 is 13.7 Å². The number of piperidine rings is 1. The summed E-state index contributed by atoms with van der Waals surface area (Å²) >= 11 is 1.74. The van der Waals surface area contributed by atoms with Crippen LogP contribution in [-0.4, -0.2) is 35.7 Å². The molecular formula is C21H20N4O3S. The quantitative estimate of drug-likeness (QED) is 0.533. The van der Waals surface area contributed by atoms with Crippen molar-refractivity contribution >= 4 is 32.6 Å². The molecule has 5 rings (SSSR count). The minimum absolute atomic E-state index is 0.222. The Hall–Kier alpha value is -3.13. The Kier molecular flexibility index (Phi) is 4.77. The number of thiazole rings is 1. The number of fused-ring (bicyclic) bond motifs is 1. The Morgan fingerprint density at radius 1 is 1.17 bits per heavy atom. The number of rotatable bonds is 5. The molecule has 8 heteroatoms. The van der Waals surface area contributed by atoms with Crippen LogP contribution in [0.4, 0.5) is 5.13 Å². The molecule has 1 saturated heterocycles. The van der Waals surface area contributed by atoms with Crippen LogP contribution in [0, 0.1) is 5.92 Å². The summed E-state index contributed by atoms with van der Waals surface area (Å²) in [5.74, 6) is 1.23. The van der Waals surface area contributed by atoms with E-state index in [-0.39, 0.29) is 11.6 Å². The predicted octanol–water partition coefficient (Wildman–Crippen LogP) is 4.19. The van der Waals surface area contributed by atoms with Crippen molar-refractivity contribution in [3.05, 3.63) is 54.4 Å². The fourth-order valence-corrected chi connectivity index (χ4v) is 4.59. The van der Waals surface area contributed by atoms with Crippen LogP contribution in [0.2, 0.25) is 0 Å². The van der Waals surface area contributed by atoms with Gasteiger partial charge in [-0.15, -0.1) is 0 Å². The van der Waals surface area contributed by atoms with Gasteiger partial charge >= 0.3 is 0 Å². The number of amides is 1. The lowest BCUT2D eigenvalue weighted by molar-refractivity contribution is 0.0936. The topological polar surface area (TPSA) is 84.4 Å². The lowest BCUT2D eigenvalue weighted by atomic mass is 9.97. The molecule has 4 aromatic rings. The van der Waals surface area contributed by atoms with Crippen LogP contribution < -0.4 is 10.2 Å². The van der Waals surface area contributed by atoms with Crippen LogP contribution in [0.1, 0.15) is 23.3 Å². The first-order valence-electron chi connectivity index (χ1n) is 9.65. The van der Waals surface area contributed by atoms with E-state index in [1.54, 1.807) is 35.8 Å². The summed E-state index contributed by atoms with van der Waals surface area (Å²) < 4.78 is 11.7. The fraction of sp³-hybridized carbons (Fsp3) is 0.286. The molecule has 1 aliphatic heterocycles. The highest BCUT2D eigenvalue weighted by atomic mass is 32.1. The van der Waals surface area contributed by atoms with Crippen LogP contribution in [0.25, 0.3) is 21.7 Å². The zero-order valence-corrected chi connectivity index (χ0v) is 16.5. The number of para-hydroxylation sites is 1. The summed E-state index contributed by atoms with van der Waals surface area (Å²) in [4.78, 5) is 19.5. The van der Waals surface area contributed by atoms with Crippen LogP contribution in [-0.2, 0) is 0 Å². The molecule has 0 saturated carbocycles. The summed E-state index contributed by atoms with van der Waals surface area (Å²) in [5.41, 5.74) is 1.33. The molecule has 0 atom stereocenters. The Morgan fingerprint density at radius 2 is 2.03 bits per heavy atom. The average molecular weight is 408 g/mol. The third kappa shape index (κ3) is 3.75. The molecule has 0 spiro atoms. The molecule has 0 unspecified atom stereocenters. The molecule has 1 N–H and O–H groups in total. The van der Waals surface area contributed by atoms with Crippen LogP contribution in [0.3, 0.4) is 0 Å². The van der Waals surface area contributed by atoms with Crippen molar-refractivity contribution in [1.82, 2.24) is 15.5 Å². The van der Waals surface area contributed by atoms with E-state index in [0.29, 0.717) is 24.0 Å². The van der Waals surface area contributed by atoms with Crippen LogP contribution in [0.5, 0.6) is 0 Å². The van der Waals surface area contributed by atoms with Crippen molar-refractivity contribution in [3.8, 4) is 11.5 Å². The maximum Gasteiger partial charge on any atom is 0.273 e. The van der Waals surface area contributed by atoms with E-state index < -0.39 is 0 Å². The molecule has 0 bridgehead atoms. The number of furan rings is 1. The van der Waals surface area contributed by atoms with Gasteiger partial charge in [-0.3, -0.25) is 4.79 Å². The van der Waals surface area contributed by atoms with Crippen molar-refractivity contribution in [1.29, 1.82) is 0 Å². The number of carbonyl (C=O) groups is 1. The number of benzene rings is 1. The first-order chi connectivity index (χ1) is 14.3. The summed E-state index contributed by atoms with van der Waals surface area (Å²) in [5, 5.41) is 7.91. The van der Waals surface area contributed by atoms with E-state index in [1.807, 2.05) is 12.1 Å². The van der Waals surface area contributed by atoms with Crippen molar-refractivity contribution in [2.24, 2.45) is 5.92 Å². The molecule has 148 valence electrons. The second-order valence-corrected chi connectivity index (χ2v) is 8.17. The smallest absolute Gasteiger partial charge is 0.273 e. The predicted molar refractivity (Wildman–Crippen MR) is 111 cm³/mol. The van der Waals surface area contributed by atoms with E-state index >= 15 is 0 Å². The lowest BCUT2D eigenvalue weighted by Gasteiger charge is -2.31. The number of hydrogen-bond donors (Lipinski definition) is 1. The number of aromatic nitrogens is 2. The number of anilines is 1. The largest absolute Gasteiger partial charge is 0.461 e. The molecule has 0 radical (unpaired) electrons. The molecule has 29 heavy (non-hydrogen) atoms. The molecule has 7 nitrogen and oxygen atoms in total. The summed E-state index contributed by atoms with van der Waals surface area (Å²) in [7, 11) is 0. The van der Waals surface area contributed by atoms with E-state index in [4.69, 9.17) is 13.9 Å². The van der Waals surface area contributed by atoms with E-state index in [2.05, 4.69) is 27.5 Å². The van der Waals surface area contributed by atoms with E-state index in [9.17, 15) is 4.79 Å². The second kappa shape index (κ2) is 7.71. The first kappa shape index (κ1) is 17.9. The number of nitrogens with zero attached hydrogens (tertiary/aromatic N) is 3. The Balaban J connectivity index is 1.13. The number of carbonyl (C=O) groups excluding carboxylic acids is 1. The molecule has 1 amide bonds. The molecule has 4 heterocycles. The first-order valence-corrected chi connectivity index (χ1v) is 10.5. The maximum absolute atomic E-state index is 12.4. The number of hydrogen-bond acceptors (Lipinski definition) is 7. The van der Waals surface area contributed by atoms with Crippen LogP contribution in [0.15, 0.2) is 57.7 Å². The van der Waals surface area contributed by atoms with Gasteiger partial charge < -0.3 is 19.2 Å². The van der Waals surface area contributed by atoms with Crippen molar-refractivity contribution in [2.45, 2.75) is 12.8 Å². The highest BCUT2D eigenvalue weighted by Gasteiger charge is 2.23. The standard InChI is InChI=1S/C21H20N4O3S/c26-20(16-12-18(28-24-16)17-5-3-11-27-17)22-13-14-7-9-25(10-8-14)21-23-15-4-1-2-6-19(15)29-21/h1-6,11-12,14H,7-10,13H2,(H,22,26). The van der Waals surface area contributed by atoms with Gasteiger partial charge in [0, 0.05) is 25.7 Å². The molecule has 0 aliphatic carbocycles. The lowest BCUT2D eigenvalue weighted by Crippen LogP contribution is -2.38. The molecule has 1 aliphatic rings. The van der Waals surface area contributed by atoms with E-state index in [0.717, 1.165) is 36.6 Å². The highest BCUT2D eigenvalue weighted by Crippen LogP contribution is 2.31. The molecule has 1 fully saturated rings. The van der Waals surface area contributed by atoms with Crippen molar-refractivity contribution in [3.63, 3.8) is 0 Å². The maximum atomic E-state index is 12.4. The Bertz CT molecular complexity index is 1080. The highest BCUT2D eigenvalue weighted by molar-refractivity contribution is 7.22. The third-order valence-electron chi connectivity index (χ3n) is 5.23. The molecule has 3 aromatic heterocycles. The van der Waals surface area contributed by atoms with Gasteiger partial charge in [0.1, 0.15) is 0 Å². The summed E-state index contributed by atoms with van der Waals surface area (Å²) in [6.07, 6.45) is 3.59. The van der Waals surface area contributed by atoms with Gasteiger partial charge in [0.05, 0.1) is 16.5 Å². The minimum Gasteiger partial charge on any atom is -0.461 e. The fourth-order valence-electron chi connectivity index (χ4n) is 3.57. The van der Waals surface area contributed by atoms with Gasteiger partial charge in [0.15, 0.2) is 16.6 Å². The summed E-state index contributed by atoms with van der Waals surface area (Å²) in [6.45, 7) is 2.54. The molecule has 1 aromatic carbocycles. The molecular weight excluding hydrogens is 388 g/mol. The van der Waals surface area contributed by atoms with Gasteiger partial charge in [-0.1, -0.05) is 28.6 Å². The Labute approximate surface area is 171 Å². The SMILES string of the molecule is O=C(NCC1CCN(c2nc3ccccc3s2)CC1)c1cc(-c2ccco2)on1. The van der Waals surface area contributed by atoms with Crippen LogP contribution >= 0.6 is 11.3 Å². The minimum atomic E-state index is -0.222. The van der Waals surface area contributed by atoms with Gasteiger partial charge in [-0.25, -0.2) is 4.98 Å². The van der Waals surface area contributed by atoms with Gasteiger partial charge in [-0.2, -0.15) is 0 Å². The second-order valence-electron chi connectivity index (χ2n) is 7.16. The number of nitrogens with one attached hydrogen (secondary N) is 1. The van der Waals surface area contributed by atoms with Crippen molar-refractivity contribution in [2.75, 3.05) is 24.5 Å².